The molecular formula is C20H16ClF6N5O2S. The lowest BCUT2D eigenvalue weighted by Gasteiger charge is -2.16. The van der Waals surface area contributed by atoms with E-state index in [-0.39, 0.29) is 22.3 Å². The third-order valence-corrected chi connectivity index (χ3v) is 5.43. The minimum absolute atomic E-state index is 0.0472. The van der Waals surface area contributed by atoms with Gasteiger partial charge in [0.15, 0.2) is 11.4 Å². The van der Waals surface area contributed by atoms with Crippen LogP contribution in [0.15, 0.2) is 23.6 Å². The van der Waals surface area contributed by atoms with E-state index in [1.54, 1.807) is 13.8 Å². The van der Waals surface area contributed by atoms with Gasteiger partial charge >= 0.3 is 12.4 Å². The second-order valence-corrected chi connectivity index (χ2v) is 8.84. The molecule has 2 heterocycles. The summed E-state index contributed by atoms with van der Waals surface area (Å²) in [5.74, 6) is -1.78. The molecule has 35 heavy (non-hydrogen) atoms. The van der Waals surface area contributed by atoms with Crippen LogP contribution in [0.3, 0.4) is 0 Å². The minimum atomic E-state index is -5.00. The van der Waals surface area contributed by atoms with Crippen molar-refractivity contribution in [1.82, 2.24) is 20.1 Å². The van der Waals surface area contributed by atoms with E-state index in [0.29, 0.717) is 33.0 Å². The number of amides is 2. The van der Waals surface area contributed by atoms with Gasteiger partial charge < -0.3 is 10.6 Å². The summed E-state index contributed by atoms with van der Waals surface area (Å²) in [4.78, 5) is 28.9. The molecule has 0 saturated heterocycles. The zero-order chi connectivity index (χ0) is 26.3. The molecule has 0 atom stereocenters. The lowest BCUT2D eigenvalue weighted by Crippen LogP contribution is -2.31. The fraction of sp³-hybridized carbons (Fsp3) is 0.300. The number of aromatic nitrogens is 3. The molecule has 3 rings (SSSR count). The lowest BCUT2D eigenvalue weighted by molar-refractivity contribution is -0.142. The maximum Gasteiger partial charge on any atom is 0.435 e. The second-order valence-electron chi connectivity index (χ2n) is 7.56. The van der Waals surface area contributed by atoms with Crippen LogP contribution in [0.4, 0.5) is 32.0 Å². The smallest absolute Gasteiger partial charge is 0.350 e. The standard InChI is InChI=1S/C20H16ClF6N5O2S/c1-8(2)28-16(33)11-5-10(21)4-9(3)15(11)30-17(34)12-6-13(19(22,23)24)31-32(12)18-29-14(7-35-18)20(25,26)27/h4-8H,1-3H3,(H,28,33)(H,30,34). The van der Waals surface area contributed by atoms with Crippen LogP contribution in [0, 0.1) is 6.92 Å². The predicted octanol–water partition coefficient (Wildman–Crippen LogP) is 5.72. The molecule has 0 aliphatic heterocycles. The predicted molar refractivity (Wildman–Crippen MR) is 116 cm³/mol. The Bertz CT molecular complexity index is 1280. The van der Waals surface area contributed by atoms with E-state index in [9.17, 15) is 35.9 Å². The van der Waals surface area contributed by atoms with Crippen molar-refractivity contribution in [3.8, 4) is 5.13 Å². The Morgan fingerprint density at radius 1 is 1.03 bits per heavy atom. The Hall–Kier alpha value is -3.13. The summed E-state index contributed by atoms with van der Waals surface area (Å²) >= 11 is 6.38. The quantitative estimate of drug-likeness (QED) is 0.406. The van der Waals surface area contributed by atoms with Crippen molar-refractivity contribution >= 4 is 40.4 Å². The van der Waals surface area contributed by atoms with Crippen LogP contribution in [0.1, 0.15) is 51.6 Å². The van der Waals surface area contributed by atoms with E-state index in [4.69, 9.17) is 11.6 Å². The van der Waals surface area contributed by atoms with Gasteiger partial charge in [0.25, 0.3) is 11.8 Å². The first-order valence-corrected chi connectivity index (χ1v) is 11.0. The largest absolute Gasteiger partial charge is 0.435 e. The monoisotopic (exact) mass is 539 g/mol. The molecule has 7 nitrogen and oxygen atoms in total. The first kappa shape index (κ1) is 26.5. The van der Waals surface area contributed by atoms with Gasteiger partial charge in [0.05, 0.1) is 11.3 Å². The number of rotatable bonds is 5. The first-order chi connectivity index (χ1) is 16.1. The van der Waals surface area contributed by atoms with E-state index in [1.807, 2.05) is 0 Å². The number of hydrogen-bond acceptors (Lipinski definition) is 5. The SMILES string of the molecule is Cc1cc(Cl)cc(C(=O)NC(C)C)c1NC(=O)c1cc(C(F)(F)F)nn1-c1nc(C(F)(F)F)cs1. The van der Waals surface area contributed by atoms with Gasteiger partial charge in [-0.3, -0.25) is 9.59 Å². The van der Waals surface area contributed by atoms with Gasteiger partial charge in [-0.05, 0) is 38.5 Å². The summed E-state index contributed by atoms with van der Waals surface area (Å²) in [5.41, 5.74) is -3.41. The van der Waals surface area contributed by atoms with E-state index < -0.39 is 46.4 Å². The number of aryl methyl sites for hydroxylation is 1. The van der Waals surface area contributed by atoms with Gasteiger partial charge in [-0.2, -0.15) is 36.1 Å². The second kappa shape index (κ2) is 9.49. The fourth-order valence-electron chi connectivity index (χ4n) is 2.92. The Morgan fingerprint density at radius 3 is 2.20 bits per heavy atom. The average molecular weight is 540 g/mol. The summed E-state index contributed by atoms with van der Waals surface area (Å²) in [6.07, 6.45) is -9.85. The minimum Gasteiger partial charge on any atom is -0.350 e. The number of carbonyl (C=O) groups is 2. The summed E-state index contributed by atoms with van der Waals surface area (Å²) in [5, 5.41) is 8.37. The molecule has 0 spiro atoms. The molecule has 0 unspecified atom stereocenters. The van der Waals surface area contributed by atoms with Gasteiger partial charge in [-0.1, -0.05) is 11.6 Å². The zero-order valence-electron chi connectivity index (χ0n) is 18.1. The number of hydrogen-bond donors (Lipinski definition) is 2. The van der Waals surface area contributed by atoms with Crippen molar-refractivity contribution in [2.24, 2.45) is 0 Å². The number of thiazole rings is 1. The Labute approximate surface area is 203 Å². The van der Waals surface area contributed by atoms with Crippen LogP contribution >= 0.6 is 22.9 Å². The molecular weight excluding hydrogens is 524 g/mol. The zero-order valence-corrected chi connectivity index (χ0v) is 19.7. The number of benzene rings is 1. The Morgan fingerprint density at radius 2 is 1.66 bits per heavy atom. The molecule has 2 amide bonds. The number of carbonyl (C=O) groups excluding carboxylic acids is 2. The third kappa shape index (κ3) is 5.93. The van der Waals surface area contributed by atoms with Crippen LogP contribution in [0.5, 0.6) is 0 Å². The maximum atomic E-state index is 13.3. The van der Waals surface area contributed by atoms with Gasteiger partial charge in [0, 0.05) is 22.5 Å². The van der Waals surface area contributed by atoms with Crippen molar-refractivity contribution < 1.29 is 35.9 Å². The molecule has 0 radical (unpaired) electrons. The van der Waals surface area contributed by atoms with E-state index in [1.165, 1.54) is 19.1 Å². The Kier molecular flexibility index (Phi) is 7.18. The van der Waals surface area contributed by atoms with Crippen LogP contribution < -0.4 is 10.6 Å². The van der Waals surface area contributed by atoms with Crippen molar-refractivity contribution in [2.75, 3.05) is 5.32 Å². The molecule has 0 bridgehead atoms. The number of anilines is 1. The number of nitrogens with one attached hydrogen (secondary N) is 2. The highest BCUT2D eigenvalue weighted by Gasteiger charge is 2.38. The third-order valence-electron chi connectivity index (χ3n) is 4.40. The van der Waals surface area contributed by atoms with E-state index in [0.717, 1.165) is 0 Å². The highest BCUT2D eigenvalue weighted by Crippen LogP contribution is 2.34. The molecule has 188 valence electrons. The topological polar surface area (TPSA) is 88.9 Å². The molecule has 2 N–H and O–H groups in total. The van der Waals surface area contributed by atoms with Gasteiger partial charge in [-0.25, -0.2) is 4.98 Å². The van der Waals surface area contributed by atoms with Crippen molar-refractivity contribution in [1.29, 1.82) is 0 Å². The molecule has 3 aromatic rings. The lowest BCUT2D eigenvalue weighted by atomic mass is 10.1. The summed E-state index contributed by atoms with van der Waals surface area (Å²) < 4.78 is 79.2. The molecule has 15 heteroatoms. The van der Waals surface area contributed by atoms with Crippen molar-refractivity contribution in [2.45, 2.75) is 39.2 Å². The van der Waals surface area contributed by atoms with E-state index >= 15 is 0 Å². The summed E-state index contributed by atoms with van der Waals surface area (Å²) in [6.45, 7) is 4.88. The molecule has 2 aromatic heterocycles. The maximum absolute atomic E-state index is 13.3. The van der Waals surface area contributed by atoms with Crippen molar-refractivity contribution in [3.05, 3.63) is 56.8 Å². The van der Waals surface area contributed by atoms with Gasteiger partial charge in [0.1, 0.15) is 5.69 Å². The molecule has 0 saturated carbocycles. The van der Waals surface area contributed by atoms with Crippen LogP contribution in [-0.4, -0.2) is 32.6 Å². The number of halogens is 7. The van der Waals surface area contributed by atoms with Crippen LogP contribution in [0.2, 0.25) is 5.02 Å². The van der Waals surface area contributed by atoms with Gasteiger partial charge in [0.2, 0.25) is 5.13 Å². The molecule has 0 fully saturated rings. The highest BCUT2D eigenvalue weighted by molar-refractivity contribution is 7.12. The van der Waals surface area contributed by atoms with E-state index in [2.05, 4.69) is 20.7 Å². The molecule has 1 aromatic carbocycles. The molecule has 0 aliphatic rings. The number of alkyl halides is 6. The average Bonchev–Trinajstić information content (AvgIpc) is 3.35. The fourth-order valence-corrected chi connectivity index (χ4v) is 3.99. The Balaban J connectivity index is 2.08. The molecule has 0 aliphatic carbocycles. The van der Waals surface area contributed by atoms with Crippen LogP contribution in [-0.2, 0) is 12.4 Å². The first-order valence-electron chi connectivity index (χ1n) is 9.70. The normalized spacial score (nSPS) is 12.2. The summed E-state index contributed by atoms with van der Waals surface area (Å²) in [7, 11) is 0. The van der Waals surface area contributed by atoms with Crippen molar-refractivity contribution in [3.63, 3.8) is 0 Å². The van der Waals surface area contributed by atoms with Gasteiger partial charge in [-0.15, -0.1) is 11.3 Å². The summed E-state index contributed by atoms with van der Waals surface area (Å²) in [6, 6.07) is 2.77. The van der Waals surface area contributed by atoms with Crippen LogP contribution in [0.25, 0.3) is 5.13 Å². The highest BCUT2D eigenvalue weighted by atomic mass is 35.5. The number of nitrogens with zero attached hydrogens (tertiary/aromatic N) is 3.